The van der Waals surface area contributed by atoms with E-state index < -0.39 is 0 Å². The van der Waals surface area contributed by atoms with Gasteiger partial charge in [0.25, 0.3) is 0 Å². The van der Waals surface area contributed by atoms with Crippen LogP contribution in [0.5, 0.6) is 0 Å². The summed E-state index contributed by atoms with van der Waals surface area (Å²) < 4.78 is 0. The van der Waals surface area contributed by atoms with Gasteiger partial charge in [0.15, 0.2) is 0 Å². The largest absolute Gasteiger partial charge is 0.0842 e. The Morgan fingerprint density at radius 2 is 1.82 bits per heavy atom. The zero-order valence-electron chi connectivity index (χ0n) is 10.1. The average molecular weight is 220 g/mol. The first-order valence-corrected chi connectivity index (χ1v) is 6.27. The fourth-order valence-electron chi connectivity index (χ4n) is 2.58. The second-order valence-electron chi connectivity index (χ2n) is 4.52. The van der Waals surface area contributed by atoms with E-state index in [1.165, 1.54) is 27.8 Å². The lowest BCUT2D eigenvalue weighted by molar-refractivity contribution is 1.22. The van der Waals surface area contributed by atoms with Crippen LogP contribution in [-0.2, 0) is 6.42 Å². The van der Waals surface area contributed by atoms with Crippen LogP contribution < -0.4 is 0 Å². The molecule has 0 N–H and O–H groups in total. The Morgan fingerprint density at radius 1 is 1.00 bits per heavy atom. The van der Waals surface area contributed by atoms with Gasteiger partial charge in [-0.05, 0) is 40.7 Å². The lowest BCUT2D eigenvalue weighted by Crippen LogP contribution is -1.85. The Hall–Kier alpha value is -1.82. The van der Waals surface area contributed by atoms with Gasteiger partial charge in [0.1, 0.15) is 0 Å². The van der Waals surface area contributed by atoms with Gasteiger partial charge in [-0.25, -0.2) is 0 Å². The van der Waals surface area contributed by atoms with Crippen molar-refractivity contribution in [1.29, 1.82) is 0 Å². The first kappa shape index (κ1) is 10.3. The van der Waals surface area contributed by atoms with Crippen molar-refractivity contribution in [2.75, 3.05) is 0 Å². The standard InChI is InChI=1S/C17H16/c1-2-3-7-13-9-6-11-16-15-10-5-4-8-14(15)12-17(13)16/h3-11H,2,12H2,1H3. The van der Waals surface area contributed by atoms with Crippen molar-refractivity contribution >= 4 is 6.08 Å². The second kappa shape index (κ2) is 4.21. The quantitative estimate of drug-likeness (QED) is 0.588. The molecule has 0 fully saturated rings. The molecule has 1 aliphatic rings. The van der Waals surface area contributed by atoms with Crippen molar-refractivity contribution in [3.05, 3.63) is 65.2 Å². The summed E-state index contributed by atoms with van der Waals surface area (Å²) >= 11 is 0. The Morgan fingerprint density at radius 3 is 2.71 bits per heavy atom. The summed E-state index contributed by atoms with van der Waals surface area (Å²) in [6, 6.07) is 15.4. The molecule has 17 heavy (non-hydrogen) atoms. The summed E-state index contributed by atoms with van der Waals surface area (Å²) in [6.07, 6.45) is 6.66. The molecule has 0 aliphatic heterocycles. The van der Waals surface area contributed by atoms with Gasteiger partial charge in [0.05, 0.1) is 0 Å². The lowest BCUT2D eigenvalue weighted by Gasteiger charge is -2.03. The van der Waals surface area contributed by atoms with Gasteiger partial charge in [-0.2, -0.15) is 0 Å². The van der Waals surface area contributed by atoms with Crippen LogP contribution in [0.3, 0.4) is 0 Å². The predicted molar refractivity (Wildman–Crippen MR) is 74.0 cm³/mol. The molecule has 0 amide bonds. The van der Waals surface area contributed by atoms with E-state index in [0.29, 0.717) is 0 Å². The van der Waals surface area contributed by atoms with Crippen molar-refractivity contribution in [1.82, 2.24) is 0 Å². The Balaban J connectivity index is 2.14. The molecule has 0 spiro atoms. The maximum absolute atomic E-state index is 2.25. The summed E-state index contributed by atoms with van der Waals surface area (Å²) in [5, 5.41) is 0. The smallest absolute Gasteiger partial charge is 0.000751 e. The average Bonchev–Trinajstić information content (AvgIpc) is 2.75. The Kier molecular flexibility index (Phi) is 2.56. The molecule has 84 valence electrons. The minimum absolute atomic E-state index is 1.08. The minimum atomic E-state index is 1.08. The second-order valence-corrected chi connectivity index (χ2v) is 4.52. The minimum Gasteiger partial charge on any atom is -0.0842 e. The van der Waals surface area contributed by atoms with E-state index in [-0.39, 0.29) is 0 Å². The molecule has 0 unspecified atom stereocenters. The van der Waals surface area contributed by atoms with Crippen molar-refractivity contribution in [2.45, 2.75) is 19.8 Å². The van der Waals surface area contributed by atoms with Crippen LogP contribution in [0.15, 0.2) is 48.5 Å². The van der Waals surface area contributed by atoms with E-state index in [0.717, 1.165) is 12.8 Å². The van der Waals surface area contributed by atoms with E-state index in [4.69, 9.17) is 0 Å². The number of rotatable bonds is 2. The molecule has 0 nitrogen and oxygen atoms in total. The van der Waals surface area contributed by atoms with E-state index in [2.05, 4.69) is 61.5 Å². The summed E-state index contributed by atoms with van der Waals surface area (Å²) in [7, 11) is 0. The summed E-state index contributed by atoms with van der Waals surface area (Å²) in [5.74, 6) is 0. The van der Waals surface area contributed by atoms with E-state index in [9.17, 15) is 0 Å². The molecule has 0 atom stereocenters. The van der Waals surface area contributed by atoms with Crippen molar-refractivity contribution in [3.63, 3.8) is 0 Å². The fraction of sp³-hybridized carbons (Fsp3) is 0.176. The van der Waals surface area contributed by atoms with Gasteiger partial charge in [0, 0.05) is 0 Å². The highest BCUT2D eigenvalue weighted by Crippen LogP contribution is 2.38. The normalized spacial score (nSPS) is 12.8. The highest BCUT2D eigenvalue weighted by Gasteiger charge is 2.18. The number of fused-ring (bicyclic) bond motifs is 3. The third-order valence-corrected chi connectivity index (χ3v) is 3.42. The zero-order valence-corrected chi connectivity index (χ0v) is 10.1. The fourth-order valence-corrected chi connectivity index (χ4v) is 2.58. The first-order valence-electron chi connectivity index (χ1n) is 6.27. The summed E-state index contributed by atoms with van der Waals surface area (Å²) in [4.78, 5) is 0. The lowest BCUT2D eigenvalue weighted by atomic mass is 10.0. The third-order valence-electron chi connectivity index (χ3n) is 3.42. The SMILES string of the molecule is CCC=Cc1cccc2c1Cc1ccccc1-2. The number of benzene rings is 2. The maximum atomic E-state index is 2.25. The van der Waals surface area contributed by atoms with Crippen LogP contribution >= 0.6 is 0 Å². The monoisotopic (exact) mass is 220 g/mol. The summed E-state index contributed by atoms with van der Waals surface area (Å²) in [6.45, 7) is 2.18. The van der Waals surface area contributed by atoms with Crippen molar-refractivity contribution in [3.8, 4) is 11.1 Å². The van der Waals surface area contributed by atoms with Gasteiger partial charge < -0.3 is 0 Å². The van der Waals surface area contributed by atoms with Crippen LogP contribution in [-0.4, -0.2) is 0 Å². The molecule has 0 heterocycles. The van der Waals surface area contributed by atoms with Gasteiger partial charge in [0.2, 0.25) is 0 Å². The zero-order chi connectivity index (χ0) is 11.7. The van der Waals surface area contributed by atoms with Crippen LogP contribution in [0.1, 0.15) is 30.0 Å². The Bertz CT molecular complexity index is 576. The number of allylic oxidation sites excluding steroid dienone is 1. The molecule has 0 bridgehead atoms. The van der Waals surface area contributed by atoms with Crippen LogP contribution in [0.4, 0.5) is 0 Å². The first-order chi connectivity index (χ1) is 8.40. The number of hydrogen-bond donors (Lipinski definition) is 0. The molecule has 0 heteroatoms. The summed E-state index contributed by atoms with van der Waals surface area (Å²) in [5.41, 5.74) is 7.15. The van der Waals surface area contributed by atoms with E-state index in [1.54, 1.807) is 0 Å². The number of hydrogen-bond acceptors (Lipinski definition) is 0. The molecule has 0 saturated heterocycles. The molecular formula is C17H16. The van der Waals surface area contributed by atoms with Crippen molar-refractivity contribution < 1.29 is 0 Å². The van der Waals surface area contributed by atoms with Gasteiger partial charge in [-0.3, -0.25) is 0 Å². The van der Waals surface area contributed by atoms with E-state index in [1.807, 2.05) is 0 Å². The van der Waals surface area contributed by atoms with Crippen LogP contribution in [0.2, 0.25) is 0 Å². The molecular weight excluding hydrogens is 204 g/mol. The molecule has 2 aromatic carbocycles. The van der Waals surface area contributed by atoms with Crippen LogP contribution in [0, 0.1) is 0 Å². The molecule has 0 saturated carbocycles. The van der Waals surface area contributed by atoms with Crippen molar-refractivity contribution in [2.24, 2.45) is 0 Å². The highest BCUT2D eigenvalue weighted by molar-refractivity contribution is 5.80. The highest BCUT2D eigenvalue weighted by atomic mass is 14.2. The van der Waals surface area contributed by atoms with Gasteiger partial charge >= 0.3 is 0 Å². The van der Waals surface area contributed by atoms with Crippen LogP contribution in [0.25, 0.3) is 17.2 Å². The molecule has 3 rings (SSSR count). The predicted octanol–water partition coefficient (Wildman–Crippen LogP) is 4.68. The molecule has 0 aromatic heterocycles. The maximum Gasteiger partial charge on any atom is -0.000751 e. The molecule has 2 aromatic rings. The Labute approximate surface area is 103 Å². The molecule has 1 aliphatic carbocycles. The van der Waals surface area contributed by atoms with E-state index >= 15 is 0 Å². The third kappa shape index (κ3) is 1.70. The van der Waals surface area contributed by atoms with Gasteiger partial charge in [-0.15, -0.1) is 0 Å². The van der Waals surface area contributed by atoms with Gasteiger partial charge in [-0.1, -0.05) is 61.5 Å². The molecule has 0 radical (unpaired) electrons. The topological polar surface area (TPSA) is 0 Å².